The van der Waals surface area contributed by atoms with Gasteiger partial charge in [-0.15, -0.1) is 0 Å². The van der Waals surface area contributed by atoms with Crippen LogP contribution in [0.15, 0.2) is 48.5 Å². The molecule has 0 spiro atoms. The van der Waals surface area contributed by atoms with E-state index < -0.39 is 0 Å². The molecule has 3 amide bonds. The maximum atomic E-state index is 11.9. The summed E-state index contributed by atoms with van der Waals surface area (Å²) in [5, 5.41) is 8.08. The molecule has 114 valence electrons. The van der Waals surface area contributed by atoms with Crippen LogP contribution in [0.1, 0.15) is 11.1 Å². The maximum absolute atomic E-state index is 11.9. The predicted octanol–water partition coefficient (Wildman–Crippen LogP) is 2.93. The van der Waals surface area contributed by atoms with Crippen LogP contribution in [0.25, 0.3) is 0 Å². The maximum Gasteiger partial charge on any atom is 0.323 e. The van der Waals surface area contributed by atoms with Crippen LogP contribution in [0.2, 0.25) is 0 Å². The number of likely N-dealkylation sites (N-methyl/N-ethyl adjacent to an activating group) is 1. The average Bonchev–Trinajstić information content (AvgIpc) is 2.51. The first-order valence-corrected chi connectivity index (χ1v) is 7.01. The van der Waals surface area contributed by atoms with Crippen molar-refractivity contribution in [3.63, 3.8) is 0 Å². The molecule has 0 fully saturated rings. The van der Waals surface area contributed by atoms with Gasteiger partial charge in [-0.1, -0.05) is 29.8 Å². The highest BCUT2D eigenvalue weighted by molar-refractivity contribution is 5.99. The van der Waals surface area contributed by atoms with Crippen molar-refractivity contribution in [2.45, 2.75) is 13.3 Å². The fourth-order valence-corrected chi connectivity index (χ4v) is 1.91. The predicted molar refractivity (Wildman–Crippen MR) is 88.0 cm³/mol. The fourth-order valence-electron chi connectivity index (χ4n) is 1.91. The van der Waals surface area contributed by atoms with Gasteiger partial charge in [-0.3, -0.25) is 4.79 Å². The van der Waals surface area contributed by atoms with E-state index in [1.807, 2.05) is 43.3 Å². The van der Waals surface area contributed by atoms with Crippen LogP contribution in [-0.2, 0) is 11.2 Å². The third-order valence-corrected chi connectivity index (χ3v) is 3.16. The molecule has 2 aromatic carbocycles. The normalized spacial score (nSPS) is 9.91. The second-order valence-electron chi connectivity index (χ2n) is 4.99. The Morgan fingerprint density at radius 1 is 0.864 bits per heavy atom. The van der Waals surface area contributed by atoms with Crippen molar-refractivity contribution in [1.82, 2.24) is 5.32 Å². The molecule has 2 rings (SSSR count). The van der Waals surface area contributed by atoms with E-state index in [0.717, 1.165) is 16.8 Å². The second-order valence-corrected chi connectivity index (χ2v) is 4.99. The van der Waals surface area contributed by atoms with Crippen molar-refractivity contribution in [2.75, 3.05) is 17.7 Å². The lowest BCUT2D eigenvalue weighted by molar-refractivity contribution is -0.119. The van der Waals surface area contributed by atoms with Gasteiger partial charge in [-0.25, -0.2) is 4.79 Å². The third kappa shape index (κ3) is 4.63. The third-order valence-electron chi connectivity index (χ3n) is 3.16. The number of hydrogen-bond donors (Lipinski definition) is 3. The lowest BCUT2D eigenvalue weighted by atomic mass is 10.1. The monoisotopic (exact) mass is 297 g/mol. The quantitative estimate of drug-likeness (QED) is 0.812. The van der Waals surface area contributed by atoms with E-state index in [4.69, 9.17) is 0 Å². The lowest BCUT2D eigenvalue weighted by Crippen LogP contribution is -2.20. The molecule has 5 heteroatoms. The Kier molecular flexibility index (Phi) is 5.14. The van der Waals surface area contributed by atoms with E-state index >= 15 is 0 Å². The van der Waals surface area contributed by atoms with E-state index in [2.05, 4.69) is 16.0 Å². The van der Waals surface area contributed by atoms with Crippen molar-refractivity contribution in [2.24, 2.45) is 0 Å². The van der Waals surface area contributed by atoms with E-state index in [9.17, 15) is 9.59 Å². The summed E-state index contributed by atoms with van der Waals surface area (Å²) in [4.78, 5) is 23.2. The Labute approximate surface area is 129 Å². The fraction of sp³-hybridized carbons (Fsp3) is 0.176. The van der Waals surface area contributed by atoms with Gasteiger partial charge >= 0.3 is 6.03 Å². The Bertz CT molecular complexity index is 649. The molecule has 0 bridgehead atoms. The molecule has 0 heterocycles. The largest absolute Gasteiger partial charge is 0.359 e. The summed E-state index contributed by atoms with van der Waals surface area (Å²) in [6.07, 6.45) is 0.326. The van der Waals surface area contributed by atoms with E-state index in [-0.39, 0.29) is 11.9 Å². The number of urea groups is 1. The zero-order valence-electron chi connectivity index (χ0n) is 12.6. The van der Waals surface area contributed by atoms with Crippen molar-refractivity contribution < 1.29 is 9.59 Å². The summed E-state index contributed by atoms with van der Waals surface area (Å²) >= 11 is 0. The summed E-state index contributed by atoms with van der Waals surface area (Å²) in [5.74, 6) is -0.0437. The molecule has 0 unspecified atom stereocenters. The molecular weight excluding hydrogens is 278 g/mol. The van der Waals surface area contributed by atoms with Gasteiger partial charge in [0.25, 0.3) is 0 Å². The van der Waals surface area contributed by atoms with Crippen molar-refractivity contribution >= 4 is 23.3 Å². The van der Waals surface area contributed by atoms with Crippen molar-refractivity contribution in [3.8, 4) is 0 Å². The summed E-state index contributed by atoms with van der Waals surface area (Å²) in [7, 11) is 1.60. The number of nitrogens with one attached hydrogen (secondary N) is 3. The first-order chi connectivity index (χ1) is 10.6. The minimum Gasteiger partial charge on any atom is -0.359 e. The number of rotatable bonds is 4. The van der Waals surface area contributed by atoms with E-state index in [1.165, 1.54) is 0 Å². The molecule has 5 nitrogen and oxygen atoms in total. The number of aryl methyl sites for hydroxylation is 1. The Balaban J connectivity index is 1.91. The molecule has 0 saturated heterocycles. The van der Waals surface area contributed by atoms with Crippen LogP contribution in [0, 0.1) is 6.92 Å². The van der Waals surface area contributed by atoms with E-state index in [1.54, 1.807) is 19.2 Å². The first kappa shape index (κ1) is 15.6. The van der Waals surface area contributed by atoms with Crippen LogP contribution in [0.5, 0.6) is 0 Å². The Morgan fingerprint density at radius 3 is 1.86 bits per heavy atom. The van der Waals surface area contributed by atoms with Gasteiger partial charge in [0, 0.05) is 18.4 Å². The van der Waals surface area contributed by atoms with Gasteiger partial charge in [0.1, 0.15) is 0 Å². The number of amides is 3. The number of hydrogen-bond acceptors (Lipinski definition) is 2. The molecule has 22 heavy (non-hydrogen) atoms. The van der Waals surface area contributed by atoms with Crippen molar-refractivity contribution in [3.05, 3.63) is 59.7 Å². The molecule has 0 saturated carbocycles. The minimum absolute atomic E-state index is 0.0437. The van der Waals surface area contributed by atoms with Gasteiger partial charge in [-0.05, 0) is 36.8 Å². The smallest absolute Gasteiger partial charge is 0.323 e. The number of carbonyl (C=O) groups is 2. The molecule has 2 aromatic rings. The standard InChI is InChI=1S/C17H19N3O2/c1-12-3-7-14(8-4-12)19-17(22)20-15-9-5-13(6-10-15)11-16(21)18-2/h3-10H,11H2,1-2H3,(H,18,21)(H2,19,20,22). The van der Waals surface area contributed by atoms with Crippen LogP contribution >= 0.6 is 0 Å². The second kappa shape index (κ2) is 7.26. The topological polar surface area (TPSA) is 70.2 Å². The van der Waals surface area contributed by atoms with Crippen LogP contribution < -0.4 is 16.0 Å². The number of anilines is 2. The number of benzene rings is 2. The van der Waals surface area contributed by atoms with E-state index in [0.29, 0.717) is 12.1 Å². The molecular formula is C17H19N3O2. The van der Waals surface area contributed by atoms with Crippen molar-refractivity contribution in [1.29, 1.82) is 0 Å². The van der Waals surface area contributed by atoms with Gasteiger partial charge in [-0.2, -0.15) is 0 Å². The van der Waals surface area contributed by atoms with Gasteiger partial charge in [0.05, 0.1) is 6.42 Å². The zero-order valence-corrected chi connectivity index (χ0v) is 12.6. The summed E-state index contributed by atoms with van der Waals surface area (Å²) in [6.45, 7) is 1.99. The molecule has 0 aliphatic rings. The summed E-state index contributed by atoms with van der Waals surface area (Å²) < 4.78 is 0. The SMILES string of the molecule is CNC(=O)Cc1ccc(NC(=O)Nc2ccc(C)cc2)cc1. The van der Waals surface area contributed by atoms with Gasteiger partial charge in [0.15, 0.2) is 0 Å². The Morgan fingerprint density at radius 2 is 1.36 bits per heavy atom. The highest BCUT2D eigenvalue weighted by atomic mass is 16.2. The lowest BCUT2D eigenvalue weighted by Gasteiger charge is -2.08. The minimum atomic E-state index is -0.303. The van der Waals surface area contributed by atoms with Crippen LogP contribution in [0.4, 0.5) is 16.2 Å². The molecule has 0 atom stereocenters. The highest BCUT2D eigenvalue weighted by Gasteiger charge is 2.04. The van der Waals surface area contributed by atoms with Crippen LogP contribution in [0.3, 0.4) is 0 Å². The summed E-state index contributed by atoms with van der Waals surface area (Å²) in [6, 6.07) is 14.4. The number of carbonyl (C=O) groups excluding carboxylic acids is 2. The van der Waals surface area contributed by atoms with Crippen LogP contribution in [-0.4, -0.2) is 19.0 Å². The first-order valence-electron chi connectivity index (χ1n) is 7.01. The highest BCUT2D eigenvalue weighted by Crippen LogP contribution is 2.12. The Hall–Kier alpha value is -2.82. The molecule has 0 aliphatic carbocycles. The molecule has 0 aliphatic heterocycles. The molecule has 0 aromatic heterocycles. The molecule has 3 N–H and O–H groups in total. The zero-order chi connectivity index (χ0) is 15.9. The van der Waals surface area contributed by atoms with Gasteiger partial charge < -0.3 is 16.0 Å². The average molecular weight is 297 g/mol. The molecule has 0 radical (unpaired) electrons. The van der Waals surface area contributed by atoms with Gasteiger partial charge in [0.2, 0.25) is 5.91 Å². The summed E-state index contributed by atoms with van der Waals surface area (Å²) in [5.41, 5.74) is 3.44.